The van der Waals surface area contributed by atoms with Crippen molar-refractivity contribution in [3.8, 4) is 0 Å². The first-order chi connectivity index (χ1) is 25.4. The maximum atomic E-state index is 13.0. The van der Waals surface area contributed by atoms with E-state index in [0.717, 1.165) is 6.07 Å². The van der Waals surface area contributed by atoms with Gasteiger partial charge in [-0.1, -0.05) is 23.7 Å². The molecule has 2 amide bonds. The van der Waals surface area contributed by atoms with Crippen molar-refractivity contribution in [1.82, 2.24) is 9.97 Å². The van der Waals surface area contributed by atoms with Gasteiger partial charge in [0.25, 0.3) is 23.2 Å². The Balaban J connectivity index is 0.000000286. The van der Waals surface area contributed by atoms with E-state index in [2.05, 4.69) is 15.3 Å². The number of hydrogen-bond donors (Lipinski definition) is 1. The highest BCUT2D eigenvalue weighted by Gasteiger charge is 2.25. The summed E-state index contributed by atoms with van der Waals surface area (Å²) in [5, 5.41) is 24.9. The SMILES string of the molecule is CCOC(=O)CCN(C(=O)c1ccc(Cl)c([N+](=O)[O-])c1)c1ccccn1.CCOC(=O)CCN(C(=O)c1ccc(NC)c([N+](=O)[O-])c1)c1ccccn1. The first kappa shape index (κ1) is 40.9. The fourth-order valence-corrected chi connectivity index (χ4v) is 4.85. The van der Waals surface area contributed by atoms with Crippen molar-refractivity contribution in [2.45, 2.75) is 26.7 Å². The van der Waals surface area contributed by atoms with Crippen LogP contribution in [0.3, 0.4) is 0 Å². The second-order valence-corrected chi connectivity index (χ2v) is 11.0. The standard InChI is InChI=1S/C18H20N4O5.C17H16ClN3O5/c1-3-27-17(23)9-11-21(16-6-4-5-10-20-16)18(24)13-7-8-14(19-2)15(12-13)22(25)26;1-2-26-16(22)8-10-20(15-5-3-4-9-19-15)17(23)12-6-7-13(18)14(11-12)21(24)25/h4-8,10,12,19H,3,9,11H2,1-2H3;3-7,9,11H,2,8,10H2,1H3. The van der Waals surface area contributed by atoms with Crippen molar-refractivity contribution in [3.63, 3.8) is 0 Å². The summed E-state index contributed by atoms with van der Waals surface area (Å²) in [5.74, 6) is -1.27. The zero-order valence-corrected chi connectivity index (χ0v) is 29.7. The normalized spacial score (nSPS) is 10.2. The number of nitrogens with zero attached hydrogens (tertiary/aromatic N) is 6. The minimum absolute atomic E-state index is 0.0190. The number of ether oxygens (including phenoxy) is 2. The Kier molecular flexibility index (Phi) is 15.7. The first-order valence-corrected chi connectivity index (χ1v) is 16.5. The highest BCUT2D eigenvalue weighted by Crippen LogP contribution is 2.28. The largest absolute Gasteiger partial charge is 0.466 e. The van der Waals surface area contributed by atoms with E-state index in [1.54, 1.807) is 57.3 Å². The van der Waals surface area contributed by atoms with Gasteiger partial charge in [0.2, 0.25) is 0 Å². The molecule has 0 aliphatic rings. The van der Waals surface area contributed by atoms with E-state index in [1.165, 1.54) is 52.5 Å². The van der Waals surface area contributed by atoms with Crippen LogP contribution in [-0.2, 0) is 19.1 Å². The average molecular weight is 750 g/mol. The van der Waals surface area contributed by atoms with Crippen molar-refractivity contribution < 1.29 is 38.5 Å². The summed E-state index contributed by atoms with van der Waals surface area (Å²) in [5.41, 5.74) is -0.100. The molecule has 18 heteroatoms. The third-order valence-corrected chi connectivity index (χ3v) is 7.45. The van der Waals surface area contributed by atoms with E-state index >= 15 is 0 Å². The van der Waals surface area contributed by atoms with Crippen LogP contribution in [0.15, 0.2) is 85.2 Å². The highest BCUT2D eigenvalue weighted by molar-refractivity contribution is 6.32. The monoisotopic (exact) mass is 749 g/mol. The number of amides is 2. The van der Waals surface area contributed by atoms with E-state index < -0.39 is 33.6 Å². The Labute approximate surface area is 308 Å². The molecule has 0 fully saturated rings. The van der Waals surface area contributed by atoms with Gasteiger partial charge in [-0.15, -0.1) is 0 Å². The van der Waals surface area contributed by atoms with Crippen molar-refractivity contribution >= 4 is 64.1 Å². The Bertz CT molecular complexity index is 1920. The molecule has 0 aliphatic carbocycles. The lowest BCUT2D eigenvalue weighted by molar-refractivity contribution is -0.384. The number of nitro groups is 2. The molecular weight excluding hydrogens is 714 g/mol. The smallest absolute Gasteiger partial charge is 0.307 e. The van der Waals surface area contributed by atoms with E-state index in [1.807, 2.05) is 0 Å². The summed E-state index contributed by atoms with van der Waals surface area (Å²) >= 11 is 5.79. The average Bonchev–Trinajstić information content (AvgIpc) is 3.16. The molecule has 0 spiro atoms. The third-order valence-electron chi connectivity index (χ3n) is 7.13. The molecule has 2 aromatic heterocycles. The topological polar surface area (TPSA) is 217 Å². The number of halogens is 1. The number of esters is 2. The molecule has 2 heterocycles. The summed E-state index contributed by atoms with van der Waals surface area (Å²) in [4.78, 5) is 81.1. The van der Waals surface area contributed by atoms with Crippen molar-refractivity contribution in [2.24, 2.45) is 0 Å². The van der Waals surface area contributed by atoms with Gasteiger partial charge in [0.05, 0.1) is 35.9 Å². The number of anilines is 3. The number of benzene rings is 2. The van der Waals surface area contributed by atoms with Crippen LogP contribution in [0.1, 0.15) is 47.4 Å². The highest BCUT2D eigenvalue weighted by atomic mass is 35.5. The molecule has 0 radical (unpaired) electrons. The zero-order chi connectivity index (χ0) is 38.9. The number of aromatic nitrogens is 2. The van der Waals surface area contributed by atoms with E-state index in [9.17, 15) is 39.4 Å². The first-order valence-electron chi connectivity index (χ1n) is 16.1. The summed E-state index contributed by atoms with van der Waals surface area (Å²) in [6.07, 6.45) is 2.97. The lowest BCUT2D eigenvalue weighted by Gasteiger charge is -2.21. The lowest BCUT2D eigenvalue weighted by atomic mass is 10.1. The second-order valence-electron chi connectivity index (χ2n) is 10.6. The Hall–Kier alpha value is -6.49. The molecule has 0 saturated carbocycles. The summed E-state index contributed by atoms with van der Waals surface area (Å²) in [7, 11) is 1.56. The van der Waals surface area contributed by atoms with Crippen molar-refractivity contribution in [2.75, 3.05) is 48.5 Å². The Morgan fingerprint density at radius 1 is 0.717 bits per heavy atom. The molecule has 17 nitrogen and oxygen atoms in total. The van der Waals surface area contributed by atoms with E-state index in [4.69, 9.17) is 21.1 Å². The van der Waals surface area contributed by atoms with Crippen LogP contribution in [0.5, 0.6) is 0 Å². The summed E-state index contributed by atoms with van der Waals surface area (Å²) in [6, 6.07) is 17.9. The molecule has 0 saturated heterocycles. The van der Waals surface area contributed by atoms with Crippen LogP contribution in [0.4, 0.5) is 28.7 Å². The minimum atomic E-state index is -0.664. The third kappa shape index (κ3) is 11.8. The Morgan fingerprint density at radius 3 is 1.57 bits per heavy atom. The number of carbonyl (C=O) groups is 4. The number of nitro benzene ring substituents is 2. The van der Waals surface area contributed by atoms with Crippen LogP contribution in [0.25, 0.3) is 0 Å². The van der Waals surface area contributed by atoms with Crippen LogP contribution in [-0.4, -0.2) is 76.9 Å². The van der Waals surface area contributed by atoms with Crippen LogP contribution in [0.2, 0.25) is 5.02 Å². The maximum absolute atomic E-state index is 13.0. The minimum Gasteiger partial charge on any atom is -0.466 e. The fourth-order valence-electron chi connectivity index (χ4n) is 4.66. The predicted octanol–water partition coefficient (Wildman–Crippen LogP) is 5.87. The molecule has 53 heavy (non-hydrogen) atoms. The van der Waals surface area contributed by atoms with Gasteiger partial charge in [-0.05, 0) is 62.4 Å². The van der Waals surface area contributed by atoms with Gasteiger partial charge in [0.15, 0.2) is 0 Å². The number of pyridine rings is 2. The van der Waals surface area contributed by atoms with E-state index in [-0.39, 0.29) is 66.7 Å². The van der Waals surface area contributed by atoms with Gasteiger partial charge >= 0.3 is 11.9 Å². The molecule has 0 bridgehead atoms. The van der Waals surface area contributed by atoms with Crippen molar-refractivity contribution in [3.05, 3.63) is 122 Å². The molecule has 4 rings (SSSR count). The quantitative estimate of drug-likeness (QED) is 0.0855. The predicted molar refractivity (Wildman–Crippen MR) is 195 cm³/mol. The van der Waals surface area contributed by atoms with Gasteiger partial charge in [-0.25, -0.2) is 9.97 Å². The Morgan fingerprint density at radius 2 is 1.17 bits per heavy atom. The van der Waals surface area contributed by atoms with Crippen LogP contribution in [0, 0.1) is 20.2 Å². The number of rotatable bonds is 15. The maximum Gasteiger partial charge on any atom is 0.307 e. The van der Waals surface area contributed by atoms with Crippen LogP contribution >= 0.6 is 11.6 Å². The number of carbonyl (C=O) groups excluding carboxylic acids is 4. The van der Waals surface area contributed by atoms with Gasteiger partial charge in [-0.3, -0.25) is 49.2 Å². The van der Waals surface area contributed by atoms with Crippen LogP contribution < -0.4 is 15.1 Å². The molecule has 0 atom stereocenters. The molecule has 4 aromatic rings. The van der Waals surface area contributed by atoms with Gasteiger partial charge < -0.3 is 14.8 Å². The summed E-state index contributed by atoms with van der Waals surface area (Å²) in [6.45, 7) is 3.92. The molecular formula is C35H36ClN7O10. The lowest BCUT2D eigenvalue weighted by Crippen LogP contribution is -2.34. The number of nitrogens with one attached hydrogen (secondary N) is 1. The van der Waals surface area contributed by atoms with E-state index in [0.29, 0.717) is 17.3 Å². The zero-order valence-electron chi connectivity index (χ0n) is 29.0. The number of hydrogen-bond acceptors (Lipinski definition) is 13. The second kappa shape index (κ2) is 20.4. The molecule has 2 aromatic carbocycles. The molecule has 278 valence electrons. The van der Waals surface area contributed by atoms with Gasteiger partial charge in [0, 0.05) is 55.8 Å². The molecule has 0 aliphatic heterocycles. The van der Waals surface area contributed by atoms with Gasteiger partial charge in [-0.2, -0.15) is 0 Å². The van der Waals surface area contributed by atoms with Gasteiger partial charge in [0.1, 0.15) is 22.3 Å². The van der Waals surface area contributed by atoms with Crippen molar-refractivity contribution in [1.29, 1.82) is 0 Å². The molecule has 0 unspecified atom stereocenters. The fraction of sp³-hybridized carbons (Fsp3) is 0.257. The molecule has 1 N–H and O–H groups in total. The summed E-state index contributed by atoms with van der Waals surface area (Å²) < 4.78 is 9.78.